The Kier molecular flexibility index (Phi) is 2.75. The summed E-state index contributed by atoms with van der Waals surface area (Å²) >= 11 is 0. The van der Waals surface area contributed by atoms with Gasteiger partial charge in [-0.2, -0.15) is 0 Å². The maximum absolute atomic E-state index is 13.1. The van der Waals surface area contributed by atoms with E-state index in [0.717, 1.165) is 5.69 Å². The first-order chi connectivity index (χ1) is 9.76. The Labute approximate surface area is 125 Å². The standard InChI is InChI=1S/C17H21NO3/c1-15(2)16(3)10-11-17(15,21-14(16)20)13(19)18(4)12-8-6-5-7-9-12/h5-9H,10-11H2,1-4H3. The molecule has 0 radical (unpaired) electrons. The number of amides is 1. The monoisotopic (exact) mass is 287 g/mol. The summed E-state index contributed by atoms with van der Waals surface area (Å²) in [6.07, 6.45) is 1.30. The zero-order valence-electron chi connectivity index (χ0n) is 13.0. The van der Waals surface area contributed by atoms with Crippen molar-refractivity contribution in [3.05, 3.63) is 30.3 Å². The van der Waals surface area contributed by atoms with Gasteiger partial charge in [0.05, 0.1) is 5.41 Å². The van der Waals surface area contributed by atoms with E-state index in [1.54, 1.807) is 11.9 Å². The minimum atomic E-state index is -1.04. The lowest BCUT2D eigenvalue weighted by atomic mass is 9.66. The van der Waals surface area contributed by atoms with Gasteiger partial charge < -0.3 is 9.64 Å². The zero-order chi connectivity index (χ0) is 15.5. The second-order valence-electron chi connectivity index (χ2n) is 6.87. The fourth-order valence-corrected chi connectivity index (χ4v) is 3.76. The molecule has 2 bridgehead atoms. The van der Waals surface area contributed by atoms with Gasteiger partial charge in [0.25, 0.3) is 5.91 Å². The van der Waals surface area contributed by atoms with Gasteiger partial charge in [0.1, 0.15) is 0 Å². The number of para-hydroxylation sites is 1. The number of rotatable bonds is 2. The first-order valence-corrected chi connectivity index (χ1v) is 7.33. The van der Waals surface area contributed by atoms with E-state index in [0.29, 0.717) is 12.8 Å². The van der Waals surface area contributed by atoms with Crippen LogP contribution in [0.1, 0.15) is 33.6 Å². The highest BCUT2D eigenvalue weighted by Crippen LogP contribution is 2.65. The first kappa shape index (κ1) is 14.1. The van der Waals surface area contributed by atoms with E-state index in [1.807, 2.05) is 51.1 Å². The van der Waals surface area contributed by atoms with E-state index >= 15 is 0 Å². The Morgan fingerprint density at radius 3 is 2.24 bits per heavy atom. The van der Waals surface area contributed by atoms with Gasteiger partial charge >= 0.3 is 5.97 Å². The average Bonchev–Trinajstić information content (AvgIpc) is 2.77. The van der Waals surface area contributed by atoms with Crippen molar-refractivity contribution in [2.75, 3.05) is 11.9 Å². The summed E-state index contributed by atoms with van der Waals surface area (Å²) in [7, 11) is 1.74. The molecule has 1 aliphatic heterocycles. The third kappa shape index (κ3) is 1.50. The second-order valence-corrected chi connectivity index (χ2v) is 6.87. The molecule has 1 amide bonds. The van der Waals surface area contributed by atoms with Crippen molar-refractivity contribution in [3.63, 3.8) is 0 Å². The van der Waals surface area contributed by atoms with Crippen molar-refractivity contribution in [2.24, 2.45) is 10.8 Å². The fraction of sp³-hybridized carbons (Fsp3) is 0.529. The van der Waals surface area contributed by atoms with Crippen molar-refractivity contribution in [1.29, 1.82) is 0 Å². The molecule has 4 heteroatoms. The molecule has 2 unspecified atom stereocenters. The molecule has 1 aliphatic carbocycles. The summed E-state index contributed by atoms with van der Waals surface area (Å²) in [5.74, 6) is -0.373. The molecule has 2 atom stereocenters. The molecule has 0 aromatic heterocycles. The van der Waals surface area contributed by atoms with Crippen LogP contribution in [0, 0.1) is 10.8 Å². The fourth-order valence-electron chi connectivity index (χ4n) is 3.76. The predicted molar refractivity (Wildman–Crippen MR) is 79.8 cm³/mol. The molecule has 3 rings (SSSR count). The molecule has 2 fully saturated rings. The van der Waals surface area contributed by atoms with Crippen LogP contribution in [0.5, 0.6) is 0 Å². The molecule has 2 aliphatic rings. The molecule has 112 valence electrons. The largest absolute Gasteiger partial charge is 0.448 e. The maximum Gasteiger partial charge on any atom is 0.313 e. The van der Waals surface area contributed by atoms with Crippen LogP contribution < -0.4 is 4.90 Å². The van der Waals surface area contributed by atoms with Gasteiger partial charge in [0.2, 0.25) is 0 Å². The Hall–Kier alpha value is -1.84. The van der Waals surface area contributed by atoms with Crippen LogP contribution in [-0.4, -0.2) is 24.5 Å². The first-order valence-electron chi connectivity index (χ1n) is 7.33. The molecular formula is C17H21NO3. The minimum absolute atomic E-state index is 0.131. The molecule has 0 N–H and O–H groups in total. The van der Waals surface area contributed by atoms with Gasteiger partial charge in [-0.05, 0) is 31.9 Å². The molecule has 21 heavy (non-hydrogen) atoms. The summed E-state index contributed by atoms with van der Waals surface area (Å²) in [5, 5.41) is 0. The average molecular weight is 287 g/mol. The van der Waals surface area contributed by atoms with Crippen molar-refractivity contribution < 1.29 is 14.3 Å². The van der Waals surface area contributed by atoms with E-state index in [4.69, 9.17) is 4.74 Å². The predicted octanol–water partition coefficient (Wildman–Crippen LogP) is 2.77. The molecule has 1 heterocycles. The van der Waals surface area contributed by atoms with E-state index in [-0.39, 0.29) is 11.9 Å². The zero-order valence-corrected chi connectivity index (χ0v) is 13.0. The quantitative estimate of drug-likeness (QED) is 0.786. The molecule has 1 aromatic rings. The van der Waals surface area contributed by atoms with Crippen LogP contribution in [0.4, 0.5) is 5.69 Å². The van der Waals surface area contributed by atoms with Gasteiger partial charge in [0, 0.05) is 18.2 Å². The lowest BCUT2D eigenvalue weighted by Gasteiger charge is -2.37. The Balaban J connectivity index is 2.01. The van der Waals surface area contributed by atoms with Crippen LogP contribution in [0.3, 0.4) is 0 Å². The second kappa shape index (κ2) is 4.09. The molecule has 1 aromatic carbocycles. The Bertz CT molecular complexity index is 610. The number of carbonyl (C=O) groups is 2. The summed E-state index contributed by atoms with van der Waals surface area (Å²) in [6.45, 7) is 5.86. The number of hydrogen-bond donors (Lipinski definition) is 0. The van der Waals surface area contributed by atoms with Crippen molar-refractivity contribution in [3.8, 4) is 0 Å². The number of fused-ring (bicyclic) bond motifs is 2. The number of likely N-dealkylation sites (N-methyl/N-ethyl adjacent to an activating group) is 1. The maximum atomic E-state index is 13.1. The molecule has 1 saturated heterocycles. The lowest BCUT2D eigenvalue weighted by Crippen LogP contribution is -2.54. The number of anilines is 1. The number of benzene rings is 1. The number of hydrogen-bond acceptors (Lipinski definition) is 3. The van der Waals surface area contributed by atoms with Gasteiger partial charge in [-0.3, -0.25) is 9.59 Å². The normalized spacial score (nSPS) is 32.9. The molecule has 0 spiro atoms. The highest BCUT2D eigenvalue weighted by Gasteiger charge is 2.76. The number of esters is 1. The molecule has 4 nitrogen and oxygen atoms in total. The van der Waals surface area contributed by atoms with Crippen LogP contribution in [-0.2, 0) is 14.3 Å². The van der Waals surface area contributed by atoms with Gasteiger partial charge in [-0.25, -0.2) is 0 Å². The van der Waals surface area contributed by atoms with Crippen molar-refractivity contribution >= 4 is 17.6 Å². The molecular weight excluding hydrogens is 266 g/mol. The highest BCUT2D eigenvalue weighted by atomic mass is 16.6. The summed E-state index contributed by atoms with van der Waals surface area (Å²) < 4.78 is 5.64. The van der Waals surface area contributed by atoms with E-state index in [1.165, 1.54) is 0 Å². The minimum Gasteiger partial charge on any atom is -0.448 e. The van der Waals surface area contributed by atoms with Crippen LogP contribution >= 0.6 is 0 Å². The smallest absolute Gasteiger partial charge is 0.313 e. The number of ether oxygens (including phenoxy) is 1. The SMILES string of the molecule is CN(C(=O)C12CCC(C)(C(=O)O1)C2(C)C)c1ccccc1. The topological polar surface area (TPSA) is 46.6 Å². The van der Waals surface area contributed by atoms with E-state index in [9.17, 15) is 9.59 Å². The Morgan fingerprint density at radius 2 is 1.76 bits per heavy atom. The van der Waals surface area contributed by atoms with Crippen LogP contribution in [0.25, 0.3) is 0 Å². The third-order valence-corrected chi connectivity index (χ3v) is 5.88. The van der Waals surface area contributed by atoms with Crippen LogP contribution in [0.2, 0.25) is 0 Å². The third-order valence-electron chi connectivity index (χ3n) is 5.88. The van der Waals surface area contributed by atoms with Crippen LogP contribution in [0.15, 0.2) is 30.3 Å². The van der Waals surface area contributed by atoms with Gasteiger partial charge in [-0.15, -0.1) is 0 Å². The summed E-state index contributed by atoms with van der Waals surface area (Å²) in [5.41, 5.74) is -1.30. The molecule has 1 saturated carbocycles. The van der Waals surface area contributed by atoms with Gasteiger partial charge in [-0.1, -0.05) is 32.0 Å². The lowest BCUT2D eigenvalue weighted by molar-refractivity contribution is -0.166. The number of carbonyl (C=O) groups excluding carboxylic acids is 2. The van der Waals surface area contributed by atoms with Crippen molar-refractivity contribution in [1.82, 2.24) is 0 Å². The summed E-state index contributed by atoms with van der Waals surface area (Å²) in [4.78, 5) is 26.9. The highest BCUT2D eigenvalue weighted by molar-refractivity contribution is 6.04. The van der Waals surface area contributed by atoms with Crippen molar-refractivity contribution in [2.45, 2.75) is 39.2 Å². The summed E-state index contributed by atoms with van der Waals surface area (Å²) in [6, 6.07) is 9.45. The number of nitrogens with zero attached hydrogens (tertiary/aromatic N) is 1. The van der Waals surface area contributed by atoms with E-state index < -0.39 is 16.4 Å². The van der Waals surface area contributed by atoms with Gasteiger partial charge in [0.15, 0.2) is 5.60 Å². The van der Waals surface area contributed by atoms with E-state index in [2.05, 4.69) is 0 Å². The Morgan fingerprint density at radius 1 is 1.14 bits per heavy atom.